The van der Waals surface area contributed by atoms with Gasteiger partial charge in [0.2, 0.25) is 0 Å². The maximum atomic E-state index is 12.8. The number of aliphatic imine (C=N–C) groups is 1. The van der Waals surface area contributed by atoms with Gasteiger partial charge in [-0.1, -0.05) is 42.1 Å². The maximum Gasteiger partial charge on any atom is 0.252 e. The molecule has 0 spiro atoms. The summed E-state index contributed by atoms with van der Waals surface area (Å²) in [6.07, 6.45) is 0.127. The number of benzene rings is 2. The second-order valence-corrected chi connectivity index (χ2v) is 11.1. The predicted octanol–water partition coefficient (Wildman–Crippen LogP) is 3.16. The average Bonchev–Trinajstić information content (AvgIpc) is 3.15. The maximum absolute atomic E-state index is 12.8. The van der Waals surface area contributed by atoms with E-state index >= 15 is 0 Å². The van der Waals surface area contributed by atoms with E-state index in [1.54, 1.807) is 7.11 Å². The number of ether oxygens (including phenoxy) is 1. The third-order valence-corrected chi connectivity index (χ3v) is 8.66. The number of methoxy groups -OCH3 is 1. The zero-order chi connectivity index (χ0) is 21.5. The summed E-state index contributed by atoms with van der Waals surface area (Å²) >= 11 is 1.39. The molecule has 2 aliphatic rings. The van der Waals surface area contributed by atoms with E-state index in [1.165, 1.54) is 11.8 Å². The molecule has 2 aliphatic heterocycles. The lowest BCUT2D eigenvalue weighted by Gasteiger charge is -2.26. The standard InChI is InChI=1S/C22H24N2O4S2/c1-14-8-9-15(2)17(10-14)24-18-12-30(26,27)13-20(18)29-22(24)23-21(25)11-16-6-4-5-7-19(16)28-3/h4-10,18,20H,11-13H2,1-3H3/t18-,20-/m1/s1. The van der Waals surface area contributed by atoms with Gasteiger partial charge in [0.25, 0.3) is 5.91 Å². The highest BCUT2D eigenvalue weighted by Crippen LogP contribution is 2.42. The summed E-state index contributed by atoms with van der Waals surface area (Å²) in [4.78, 5) is 19.2. The summed E-state index contributed by atoms with van der Waals surface area (Å²) in [5, 5.41) is 0.459. The molecule has 0 unspecified atom stereocenters. The molecule has 4 rings (SSSR count). The number of sulfone groups is 1. The fourth-order valence-corrected chi connectivity index (χ4v) is 7.91. The summed E-state index contributed by atoms with van der Waals surface area (Å²) in [7, 11) is -1.52. The van der Waals surface area contributed by atoms with Gasteiger partial charge in [-0.2, -0.15) is 4.99 Å². The Hall–Kier alpha value is -2.32. The molecule has 0 saturated carbocycles. The SMILES string of the molecule is COc1ccccc1CC(=O)N=C1S[C@@H]2CS(=O)(=O)C[C@H]2N1c1cc(C)ccc1C. The number of nitrogens with zero attached hydrogens (tertiary/aromatic N) is 2. The van der Waals surface area contributed by atoms with Gasteiger partial charge < -0.3 is 9.64 Å². The number of hydrogen-bond acceptors (Lipinski definition) is 5. The Bertz CT molecular complexity index is 1130. The lowest BCUT2D eigenvalue weighted by molar-refractivity contribution is -0.117. The second kappa shape index (κ2) is 8.07. The van der Waals surface area contributed by atoms with E-state index in [1.807, 2.05) is 61.2 Å². The van der Waals surface area contributed by atoms with Crippen molar-refractivity contribution in [2.24, 2.45) is 4.99 Å². The Morgan fingerprint density at radius 1 is 1.20 bits per heavy atom. The van der Waals surface area contributed by atoms with E-state index in [-0.39, 0.29) is 35.1 Å². The van der Waals surface area contributed by atoms with Crippen LogP contribution in [0.5, 0.6) is 5.75 Å². The highest BCUT2D eigenvalue weighted by molar-refractivity contribution is 8.16. The summed E-state index contributed by atoms with van der Waals surface area (Å²) < 4.78 is 29.8. The van der Waals surface area contributed by atoms with Gasteiger partial charge in [-0.15, -0.1) is 0 Å². The van der Waals surface area contributed by atoms with E-state index in [9.17, 15) is 13.2 Å². The fourth-order valence-electron chi connectivity index (χ4n) is 3.98. The lowest BCUT2D eigenvalue weighted by Crippen LogP contribution is -2.38. The van der Waals surface area contributed by atoms with E-state index in [0.29, 0.717) is 10.9 Å². The minimum atomic E-state index is -3.10. The summed E-state index contributed by atoms with van der Waals surface area (Å²) in [5.41, 5.74) is 3.79. The van der Waals surface area contributed by atoms with Crippen LogP contribution in [0.15, 0.2) is 47.5 Å². The first kappa shape index (κ1) is 20.9. The van der Waals surface area contributed by atoms with Crippen molar-refractivity contribution in [3.05, 3.63) is 59.2 Å². The van der Waals surface area contributed by atoms with E-state index < -0.39 is 9.84 Å². The van der Waals surface area contributed by atoms with Crippen LogP contribution in [0.2, 0.25) is 0 Å². The molecule has 2 fully saturated rings. The molecular weight excluding hydrogens is 420 g/mol. The Morgan fingerprint density at radius 2 is 1.97 bits per heavy atom. The number of fused-ring (bicyclic) bond motifs is 1. The molecule has 0 radical (unpaired) electrons. The van der Waals surface area contributed by atoms with Gasteiger partial charge in [0.15, 0.2) is 15.0 Å². The number of amidine groups is 1. The second-order valence-electron chi connectivity index (χ2n) is 7.74. The number of aryl methyl sites for hydroxylation is 2. The number of anilines is 1. The van der Waals surface area contributed by atoms with Gasteiger partial charge >= 0.3 is 0 Å². The molecule has 2 saturated heterocycles. The Morgan fingerprint density at radius 3 is 2.73 bits per heavy atom. The van der Waals surface area contributed by atoms with Crippen LogP contribution >= 0.6 is 11.8 Å². The van der Waals surface area contributed by atoms with Crippen LogP contribution in [0.25, 0.3) is 0 Å². The Labute approximate surface area is 181 Å². The van der Waals surface area contributed by atoms with Crippen molar-refractivity contribution in [3.63, 3.8) is 0 Å². The average molecular weight is 445 g/mol. The molecule has 2 aromatic carbocycles. The van der Waals surface area contributed by atoms with Crippen LogP contribution in [-0.2, 0) is 21.1 Å². The van der Waals surface area contributed by atoms with Crippen LogP contribution in [0.1, 0.15) is 16.7 Å². The zero-order valence-electron chi connectivity index (χ0n) is 17.2. The zero-order valence-corrected chi connectivity index (χ0v) is 18.8. The minimum absolute atomic E-state index is 0.0811. The largest absolute Gasteiger partial charge is 0.496 e. The van der Waals surface area contributed by atoms with Gasteiger partial charge in [-0.25, -0.2) is 8.42 Å². The fraction of sp³-hybridized carbons (Fsp3) is 0.364. The predicted molar refractivity (Wildman–Crippen MR) is 121 cm³/mol. The Kier molecular flexibility index (Phi) is 5.63. The highest BCUT2D eigenvalue weighted by Gasteiger charge is 2.49. The number of carbonyl (C=O) groups is 1. The molecule has 0 N–H and O–H groups in total. The molecule has 0 aromatic heterocycles. The first-order valence-corrected chi connectivity index (χ1v) is 12.4. The minimum Gasteiger partial charge on any atom is -0.496 e. The lowest BCUT2D eigenvalue weighted by atomic mass is 10.1. The van der Waals surface area contributed by atoms with E-state index in [4.69, 9.17) is 4.74 Å². The molecular formula is C22H24N2O4S2. The van der Waals surface area contributed by atoms with Crippen molar-refractivity contribution in [2.45, 2.75) is 31.6 Å². The molecule has 2 heterocycles. The van der Waals surface area contributed by atoms with Crippen molar-refractivity contribution in [1.82, 2.24) is 0 Å². The third kappa shape index (κ3) is 4.11. The van der Waals surface area contributed by atoms with Gasteiger partial charge in [-0.05, 0) is 37.1 Å². The quantitative estimate of drug-likeness (QED) is 0.721. The molecule has 0 bridgehead atoms. The smallest absolute Gasteiger partial charge is 0.252 e. The Balaban J connectivity index is 1.69. The monoisotopic (exact) mass is 444 g/mol. The molecule has 2 atom stereocenters. The number of amides is 1. The van der Waals surface area contributed by atoms with Crippen molar-refractivity contribution in [2.75, 3.05) is 23.5 Å². The summed E-state index contributed by atoms with van der Waals surface area (Å²) in [5.74, 6) is 0.570. The number of hydrogen-bond donors (Lipinski definition) is 0. The first-order chi connectivity index (χ1) is 14.3. The number of para-hydroxylation sites is 1. The van der Waals surface area contributed by atoms with E-state index in [0.717, 1.165) is 22.4 Å². The highest BCUT2D eigenvalue weighted by atomic mass is 32.2. The molecule has 158 valence electrons. The van der Waals surface area contributed by atoms with Crippen molar-refractivity contribution < 1.29 is 17.9 Å². The number of thioether (sulfide) groups is 1. The summed E-state index contributed by atoms with van der Waals surface area (Å²) in [6, 6.07) is 13.2. The van der Waals surface area contributed by atoms with Crippen LogP contribution in [0.4, 0.5) is 5.69 Å². The molecule has 8 heteroatoms. The number of rotatable bonds is 4. The van der Waals surface area contributed by atoms with Crippen molar-refractivity contribution >= 4 is 38.4 Å². The van der Waals surface area contributed by atoms with Crippen LogP contribution < -0.4 is 9.64 Å². The van der Waals surface area contributed by atoms with Gasteiger partial charge in [-0.3, -0.25) is 4.79 Å². The topological polar surface area (TPSA) is 76.0 Å². The van der Waals surface area contributed by atoms with Crippen molar-refractivity contribution in [3.8, 4) is 5.75 Å². The van der Waals surface area contributed by atoms with Crippen LogP contribution in [0.3, 0.4) is 0 Å². The van der Waals surface area contributed by atoms with Crippen LogP contribution in [0, 0.1) is 13.8 Å². The molecule has 6 nitrogen and oxygen atoms in total. The molecule has 30 heavy (non-hydrogen) atoms. The van der Waals surface area contributed by atoms with Gasteiger partial charge in [0.05, 0.1) is 31.1 Å². The molecule has 2 aromatic rings. The van der Waals surface area contributed by atoms with Gasteiger partial charge in [0, 0.05) is 16.5 Å². The summed E-state index contributed by atoms with van der Waals surface area (Å²) in [6.45, 7) is 3.99. The number of carbonyl (C=O) groups excluding carboxylic acids is 1. The van der Waals surface area contributed by atoms with Crippen molar-refractivity contribution in [1.29, 1.82) is 0 Å². The van der Waals surface area contributed by atoms with Crippen LogP contribution in [-0.4, -0.2) is 49.4 Å². The third-order valence-electron chi connectivity index (χ3n) is 5.45. The first-order valence-electron chi connectivity index (χ1n) is 9.74. The van der Waals surface area contributed by atoms with E-state index in [2.05, 4.69) is 4.99 Å². The molecule has 0 aliphatic carbocycles. The molecule has 1 amide bonds. The normalized spacial score (nSPS) is 23.6. The van der Waals surface area contributed by atoms with Gasteiger partial charge in [0.1, 0.15) is 5.75 Å².